The van der Waals surface area contributed by atoms with Gasteiger partial charge in [-0.15, -0.1) is 0 Å². The summed E-state index contributed by atoms with van der Waals surface area (Å²) in [7, 11) is 2.79. The molecule has 104 valence electrons. The number of hydrogen-bond acceptors (Lipinski definition) is 5. The van der Waals surface area contributed by atoms with Gasteiger partial charge in [-0.25, -0.2) is 4.79 Å². The van der Waals surface area contributed by atoms with Gasteiger partial charge in [0.1, 0.15) is 0 Å². The molecule has 0 spiro atoms. The Kier molecular flexibility index (Phi) is 4.99. The molecule has 2 N–H and O–H groups in total. The minimum absolute atomic E-state index is 0.0728. The van der Waals surface area contributed by atoms with Gasteiger partial charge in [0.25, 0.3) is 0 Å². The molecule has 0 bridgehead atoms. The molecule has 0 radical (unpaired) electrons. The second-order valence-corrected chi connectivity index (χ2v) is 3.52. The summed E-state index contributed by atoms with van der Waals surface area (Å²) in [6.45, 7) is 2.16. The van der Waals surface area contributed by atoms with Gasteiger partial charge in [0.05, 0.1) is 25.9 Å². The fraction of sp³-hybridized carbons (Fsp3) is 0.333. The maximum absolute atomic E-state index is 11.4. The Morgan fingerprint density at radius 2 is 1.79 bits per heavy atom. The lowest BCUT2D eigenvalue weighted by Crippen LogP contribution is -2.30. The van der Waals surface area contributed by atoms with Gasteiger partial charge in [0.15, 0.2) is 11.5 Å². The van der Waals surface area contributed by atoms with E-state index in [2.05, 4.69) is 10.6 Å². The van der Waals surface area contributed by atoms with E-state index < -0.39 is 12.0 Å². The van der Waals surface area contributed by atoms with E-state index in [0.717, 1.165) is 0 Å². The highest BCUT2D eigenvalue weighted by Crippen LogP contribution is 2.33. The predicted octanol–water partition coefficient (Wildman–Crippen LogP) is 0.209. The molecule has 0 aliphatic heterocycles. The van der Waals surface area contributed by atoms with Gasteiger partial charge < -0.3 is 30.0 Å². The molecule has 0 fully saturated rings. The van der Waals surface area contributed by atoms with Crippen LogP contribution in [0.25, 0.3) is 0 Å². The Balaban J connectivity index is 3.19. The summed E-state index contributed by atoms with van der Waals surface area (Å²) in [6.07, 6.45) is 0. The van der Waals surface area contributed by atoms with E-state index in [1.54, 1.807) is 6.92 Å². The Labute approximate surface area is 110 Å². The first-order valence-electron chi connectivity index (χ1n) is 5.55. The van der Waals surface area contributed by atoms with Crippen molar-refractivity contribution in [2.75, 3.05) is 26.1 Å². The molecule has 1 rings (SSSR count). The van der Waals surface area contributed by atoms with E-state index in [-0.39, 0.29) is 17.0 Å². The van der Waals surface area contributed by atoms with Crippen molar-refractivity contribution in [3.05, 3.63) is 17.7 Å². The van der Waals surface area contributed by atoms with Crippen LogP contribution in [-0.4, -0.2) is 32.8 Å². The predicted molar refractivity (Wildman–Crippen MR) is 66.6 cm³/mol. The lowest BCUT2D eigenvalue weighted by Gasteiger charge is -2.16. The molecule has 1 aromatic rings. The number of rotatable bonds is 5. The van der Waals surface area contributed by atoms with E-state index >= 15 is 0 Å². The van der Waals surface area contributed by atoms with Crippen molar-refractivity contribution in [2.24, 2.45) is 0 Å². The molecule has 0 saturated heterocycles. The smallest absolute Gasteiger partial charge is 0.319 e. The number of carbonyl (C=O) groups is 2. The Bertz CT molecular complexity index is 487. The van der Waals surface area contributed by atoms with E-state index in [1.807, 2.05) is 0 Å². The number of ether oxygens (including phenoxy) is 2. The molecule has 0 aromatic heterocycles. The SMILES string of the molecule is CCNC(=O)Nc1cc(OC)c(OC)cc1C(=O)[O-]. The zero-order chi connectivity index (χ0) is 14.4. The second-order valence-electron chi connectivity index (χ2n) is 3.52. The lowest BCUT2D eigenvalue weighted by molar-refractivity contribution is -0.254. The number of benzene rings is 1. The maximum Gasteiger partial charge on any atom is 0.319 e. The Hall–Kier alpha value is -2.44. The topological polar surface area (TPSA) is 99.7 Å². The molecule has 1 aromatic carbocycles. The van der Waals surface area contributed by atoms with Gasteiger partial charge in [-0.1, -0.05) is 0 Å². The molecule has 0 aliphatic carbocycles. The van der Waals surface area contributed by atoms with Gasteiger partial charge in [0.2, 0.25) is 0 Å². The van der Waals surface area contributed by atoms with Crippen LogP contribution in [0, 0.1) is 0 Å². The Morgan fingerprint density at radius 3 is 2.26 bits per heavy atom. The lowest BCUT2D eigenvalue weighted by atomic mass is 10.1. The van der Waals surface area contributed by atoms with E-state index in [0.29, 0.717) is 12.3 Å². The average Bonchev–Trinajstić information content (AvgIpc) is 2.38. The van der Waals surface area contributed by atoms with Crippen molar-refractivity contribution >= 4 is 17.7 Å². The maximum atomic E-state index is 11.4. The minimum atomic E-state index is -1.42. The number of urea groups is 1. The zero-order valence-corrected chi connectivity index (χ0v) is 10.9. The second kappa shape index (κ2) is 6.48. The normalized spacial score (nSPS) is 9.63. The molecule has 19 heavy (non-hydrogen) atoms. The van der Waals surface area contributed by atoms with Crippen LogP contribution in [0.2, 0.25) is 0 Å². The number of nitrogens with one attached hydrogen (secondary N) is 2. The fourth-order valence-corrected chi connectivity index (χ4v) is 1.48. The van der Waals surface area contributed by atoms with Crippen molar-refractivity contribution in [2.45, 2.75) is 6.92 Å². The van der Waals surface area contributed by atoms with E-state index in [1.165, 1.54) is 26.4 Å². The van der Waals surface area contributed by atoms with Crippen molar-refractivity contribution in [3.8, 4) is 11.5 Å². The molecule has 0 heterocycles. The van der Waals surface area contributed by atoms with Crippen molar-refractivity contribution in [1.82, 2.24) is 5.32 Å². The molecule has 0 saturated carbocycles. The van der Waals surface area contributed by atoms with Crippen LogP contribution in [0.3, 0.4) is 0 Å². The van der Waals surface area contributed by atoms with E-state index in [4.69, 9.17) is 9.47 Å². The van der Waals surface area contributed by atoms with Gasteiger partial charge in [0, 0.05) is 18.2 Å². The third kappa shape index (κ3) is 3.51. The van der Waals surface area contributed by atoms with Crippen LogP contribution in [0.4, 0.5) is 10.5 Å². The number of carboxylic acids is 1. The number of methoxy groups -OCH3 is 2. The number of hydrogen-bond donors (Lipinski definition) is 2. The highest BCUT2D eigenvalue weighted by Gasteiger charge is 2.13. The molecular formula is C12H15N2O5-. The van der Waals surface area contributed by atoms with Gasteiger partial charge in [-0.3, -0.25) is 0 Å². The third-order valence-electron chi connectivity index (χ3n) is 2.33. The van der Waals surface area contributed by atoms with Crippen LogP contribution in [-0.2, 0) is 0 Å². The fourth-order valence-electron chi connectivity index (χ4n) is 1.48. The zero-order valence-electron chi connectivity index (χ0n) is 10.9. The van der Waals surface area contributed by atoms with Crippen LogP contribution in [0.5, 0.6) is 11.5 Å². The Morgan fingerprint density at radius 1 is 1.21 bits per heavy atom. The minimum Gasteiger partial charge on any atom is -0.545 e. The molecule has 0 aliphatic rings. The summed E-state index contributed by atoms with van der Waals surface area (Å²) in [5.74, 6) is -0.879. The van der Waals surface area contributed by atoms with Crippen molar-refractivity contribution in [3.63, 3.8) is 0 Å². The first-order chi connectivity index (χ1) is 9.03. The highest BCUT2D eigenvalue weighted by atomic mass is 16.5. The number of anilines is 1. The number of amides is 2. The molecule has 0 unspecified atom stereocenters. The summed E-state index contributed by atoms with van der Waals surface area (Å²) in [4.78, 5) is 22.5. The van der Waals surface area contributed by atoms with Crippen LogP contribution < -0.4 is 25.2 Å². The van der Waals surface area contributed by atoms with Gasteiger partial charge >= 0.3 is 6.03 Å². The summed E-state index contributed by atoms with van der Waals surface area (Å²) in [6, 6.07) is 2.08. The quantitative estimate of drug-likeness (QED) is 0.794. The molecular weight excluding hydrogens is 252 g/mol. The molecule has 0 atom stereocenters. The molecule has 2 amide bonds. The standard InChI is InChI=1S/C12H16N2O5/c1-4-13-12(17)14-8-6-10(19-3)9(18-2)5-7(8)11(15)16/h5-6H,4H2,1-3H3,(H,15,16)(H2,13,14,17)/p-1. The number of aromatic carboxylic acids is 1. The number of carbonyl (C=O) groups excluding carboxylic acids is 2. The monoisotopic (exact) mass is 267 g/mol. The average molecular weight is 267 g/mol. The van der Waals surface area contributed by atoms with E-state index in [9.17, 15) is 14.7 Å². The largest absolute Gasteiger partial charge is 0.545 e. The summed E-state index contributed by atoms with van der Waals surface area (Å²) < 4.78 is 10.0. The van der Waals surface area contributed by atoms with Crippen LogP contribution in [0.15, 0.2) is 12.1 Å². The highest BCUT2D eigenvalue weighted by molar-refractivity contribution is 6.00. The summed E-state index contributed by atoms with van der Waals surface area (Å²) >= 11 is 0. The van der Waals surface area contributed by atoms with Crippen LogP contribution >= 0.6 is 0 Å². The summed E-state index contributed by atoms with van der Waals surface area (Å²) in [5, 5.41) is 16.0. The first-order valence-corrected chi connectivity index (χ1v) is 5.55. The van der Waals surface area contributed by atoms with Crippen LogP contribution in [0.1, 0.15) is 17.3 Å². The summed E-state index contributed by atoms with van der Waals surface area (Å²) in [5.41, 5.74) is -0.118. The molecule has 7 heteroatoms. The molecule has 7 nitrogen and oxygen atoms in total. The first kappa shape index (κ1) is 14.6. The third-order valence-corrected chi connectivity index (χ3v) is 2.33. The van der Waals surface area contributed by atoms with Crippen molar-refractivity contribution < 1.29 is 24.2 Å². The number of carboxylic acid groups (broad SMARTS) is 1. The van der Waals surface area contributed by atoms with Gasteiger partial charge in [-0.05, 0) is 13.0 Å². The van der Waals surface area contributed by atoms with Gasteiger partial charge in [-0.2, -0.15) is 0 Å². The van der Waals surface area contributed by atoms with Crippen molar-refractivity contribution in [1.29, 1.82) is 0 Å².